The number of nitrogens with zero attached hydrogens (tertiary/aromatic N) is 2. The molecule has 0 aliphatic heterocycles. The van der Waals surface area contributed by atoms with Gasteiger partial charge in [0.05, 0.1) is 10.9 Å². The highest BCUT2D eigenvalue weighted by Gasteiger charge is 2.18. The van der Waals surface area contributed by atoms with Crippen LogP contribution in [-0.4, -0.2) is 16.0 Å². The van der Waals surface area contributed by atoms with Crippen molar-refractivity contribution in [2.45, 2.75) is 13.0 Å². The number of hydrogen-bond acceptors (Lipinski definition) is 5. The van der Waals surface area contributed by atoms with Crippen molar-refractivity contribution in [1.82, 2.24) is 15.5 Å². The first-order chi connectivity index (χ1) is 10.2. The molecule has 2 heterocycles. The molecule has 21 heavy (non-hydrogen) atoms. The van der Waals surface area contributed by atoms with E-state index in [9.17, 15) is 4.79 Å². The molecular weight excluding hydrogens is 286 g/mol. The van der Waals surface area contributed by atoms with Crippen LogP contribution in [0.5, 0.6) is 0 Å². The molecule has 3 aromatic rings. The number of nitrogens with one attached hydrogen (secondary N) is 1. The lowest BCUT2D eigenvalue weighted by atomic mass is 10.1. The first kappa shape index (κ1) is 13.5. The predicted octanol–water partition coefficient (Wildman–Crippen LogP) is 3.29. The van der Waals surface area contributed by atoms with Crippen LogP contribution in [0.4, 0.5) is 0 Å². The molecule has 0 aliphatic carbocycles. The Hall–Kier alpha value is -2.47. The van der Waals surface area contributed by atoms with E-state index < -0.39 is 0 Å². The molecule has 0 spiro atoms. The summed E-state index contributed by atoms with van der Waals surface area (Å²) in [5.74, 6) is 0.0327. The lowest BCUT2D eigenvalue weighted by Crippen LogP contribution is -2.26. The van der Waals surface area contributed by atoms with Gasteiger partial charge in [0.15, 0.2) is 0 Å². The molecule has 0 saturated heterocycles. The van der Waals surface area contributed by atoms with Crippen LogP contribution in [0.2, 0.25) is 0 Å². The summed E-state index contributed by atoms with van der Waals surface area (Å²) >= 11 is 1.50. The van der Waals surface area contributed by atoms with Crippen LogP contribution in [-0.2, 0) is 0 Å². The van der Waals surface area contributed by atoms with E-state index in [0.29, 0.717) is 5.82 Å². The standard InChI is InChI=1S/C15H13N3O2S/c1-10(11-6-3-2-4-7-11)16-14(19)15-17-13(18-20-15)12-8-5-9-21-12/h2-10H,1H3,(H,16,19)/t10-/m1/s1. The molecule has 0 fully saturated rings. The summed E-state index contributed by atoms with van der Waals surface area (Å²) in [6.07, 6.45) is 0. The van der Waals surface area contributed by atoms with Crippen molar-refractivity contribution in [1.29, 1.82) is 0 Å². The third kappa shape index (κ3) is 3.00. The summed E-state index contributed by atoms with van der Waals surface area (Å²) in [6, 6.07) is 13.3. The fourth-order valence-corrected chi connectivity index (χ4v) is 2.55. The Balaban J connectivity index is 1.71. The molecule has 0 saturated carbocycles. The van der Waals surface area contributed by atoms with E-state index in [-0.39, 0.29) is 17.8 Å². The van der Waals surface area contributed by atoms with Crippen LogP contribution in [0.15, 0.2) is 52.4 Å². The second kappa shape index (κ2) is 5.88. The Morgan fingerprint density at radius 1 is 1.24 bits per heavy atom. The van der Waals surface area contributed by atoms with Crippen molar-refractivity contribution in [3.8, 4) is 10.7 Å². The van der Waals surface area contributed by atoms with E-state index in [4.69, 9.17) is 4.52 Å². The maximum absolute atomic E-state index is 12.1. The van der Waals surface area contributed by atoms with E-state index in [1.165, 1.54) is 11.3 Å². The van der Waals surface area contributed by atoms with E-state index >= 15 is 0 Å². The van der Waals surface area contributed by atoms with Crippen molar-refractivity contribution in [2.24, 2.45) is 0 Å². The number of benzene rings is 1. The summed E-state index contributed by atoms with van der Waals surface area (Å²) < 4.78 is 5.02. The predicted molar refractivity (Wildman–Crippen MR) is 79.9 cm³/mol. The first-order valence-corrected chi connectivity index (χ1v) is 7.35. The summed E-state index contributed by atoms with van der Waals surface area (Å²) in [5.41, 5.74) is 1.02. The average Bonchev–Trinajstić information content (AvgIpc) is 3.19. The Bertz CT molecular complexity index is 722. The number of carbonyl (C=O) groups excluding carboxylic acids is 1. The van der Waals surface area contributed by atoms with Gasteiger partial charge in [-0.05, 0) is 23.9 Å². The minimum atomic E-state index is -0.373. The van der Waals surface area contributed by atoms with Gasteiger partial charge in [-0.1, -0.05) is 41.6 Å². The van der Waals surface area contributed by atoms with Gasteiger partial charge < -0.3 is 9.84 Å². The van der Waals surface area contributed by atoms with E-state index in [0.717, 1.165) is 10.4 Å². The largest absolute Gasteiger partial charge is 0.341 e. The molecule has 1 aromatic carbocycles. The Morgan fingerprint density at radius 2 is 2.05 bits per heavy atom. The monoisotopic (exact) mass is 299 g/mol. The molecule has 6 heteroatoms. The highest BCUT2D eigenvalue weighted by atomic mass is 32.1. The van der Waals surface area contributed by atoms with Gasteiger partial charge in [0, 0.05) is 0 Å². The van der Waals surface area contributed by atoms with Gasteiger partial charge in [0.1, 0.15) is 0 Å². The molecule has 1 amide bonds. The van der Waals surface area contributed by atoms with Crippen LogP contribution < -0.4 is 5.32 Å². The molecule has 0 radical (unpaired) electrons. The molecule has 1 N–H and O–H groups in total. The van der Waals surface area contributed by atoms with Gasteiger partial charge in [0.25, 0.3) is 0 Å². The van der Waals surface area contributed by atoms with Crippen LogP contribution in [0.3, 0.4) is 0 Å². The maximum Gasteiger partial charge on any atom is 0.316 e. The zero-order valence-corrected chi connectivity index (χ0v) is 12.1. The Kier molecular flexibility index (Phi) is 3.79. The molecule has 2 aromatic heterocycles. The second-order valence-electron chi connectivity index (χ2n) is 4.51. The van der Waals surface area contributed by atoms with Gasteiger partial charge in [0.2, 0.25) is 5.82 Å². The average molecular weight is 299 g/mol. The van der Waals surface area contributed by atoms with Gasteiger partial charge in [-0.25, -0.2) is 0 Å². The number of hydrogen-bond donors (Lipinski definition) is 1. The molecule has 3 rings (SSSR count). The molecule has 0 aliphatic rings. The summed E-state index contributed by atoms with van der Waals surface area (Å²) in [4.78, 5) is 17.1. The molecule has 106 valence electrons. The van der Waals surface area contributed by atoms with Crippen LogP contribution in [0.1, 0.15) is 29.2 Å². The third-order valence-corrected chi connectivity index (χ3v) is 3.87. The molecule has 0 unspecified atom stereocenters. The van der Waals surface area contributed by atoms with Crippen molar-refractivity contribution in [3.63, 3.8) is 0 Å². The number of amides is 1. The Labute approximate surface area is 125 Å². The van der Waals surface area contributed by atoms with Crippen LogP contribution in [0, 0.1) is 0 Å². The maximum atomic E-state index is 12.1. The lowest BCUT2D eigenvalue weighted by Gasteiger charge is -2.12. The van der Waals surface area contributed by atoms with E-state index in [2.05, 4.69) is 15.5 Å². The van der Waals surface area contributed by atoms with Crippen molar-refractivity contribution < 1.29 is 9.32 Å². The van der Waals surface area contributed by atoms with E-state index in [1.54, 1.807) is 0 Å². The normalized spacial score (nSPS) is 12.0. The fourth-order valence-electron chi connectivity index (χ4n) is 1.91. The molecule has 5 nitrogen and oxygen atoms in total. The number of carbonyl (C=O) groups is 1. The first-order valence-electron chi connectivity index (χ1n) is 6.47. The van der Waals surface area contributed by atoms with Crippen LogP contribution >= 0.6 is 11.3 Å². The quantitative estimate of drug-likeness (QED) is 0.802. The van der Waals surface area contributed by atoms with Gasteiger partial charge in [-0.3, -0.25) is 4.79 Å². The van der Waals surface area contributed by atoms with Gasteiger partial charge in [-0.2, -0.15) is 4.98 Å². The fraction of sp³-hybridized carbons (Fsp3) is 0.133. The summed E-state index contributed by atoms with van der Waals surface area (Å²) in [7, 11) is 0. The molecule has 0 bridgehead atoms. The minimum absolute atomic E-state index is 0.0267. The second-order valence-corrected chi connectivity index (χ2v) is 5.45. The van der Waals surface area contributed by atoms with Crippen molar-refractivity contribution >= 4 is 17.2 Å². The Morgan fingerprint density at radius 3 is 2.76 bits per heavy atom. The number of aromatic nitrogens is 2. The summed E-state index contributed by atoms with van der Waals surface area (Å²) in [6.45, 7) is 1.91. The topological polar surface area (TPSA) is 68.0 Å². The zero-order chi connectivity index (χ0) is 14.7. The molecular formula is C15H13N3O2S. The molecule has 1 atom stereocenters. The number of rotatable bonds is 4. The lowest BCUT2D eigenvalue weighted by molar-refractivity contribution is 0.0895. The van der Waals surface area contributed by atoms with Crippen molar-refractivity contribution in [3.05, 3.63) is 59.3 Å². The number of thiophene rings is 1. The van der Waals surface area contributed by atoms with Gasteiger partial charge >= 0.3 is 11.8 Å². The van der Waals surface area contributed by atoms with E-state index in [1.807, 2.05) is 54.8 Å². The SMILES string of the molecule is C[C@@H](NC(=O)c1nc(-c2cccs2)no1)c1ccccc1. The minimum Gasteiger partial charge on any atom is -0.341 e. The van der Waals surface area contributed by atoms with Crippen molar-refractivity contribution in [2.75, 3.05) is 0 Å². The van der Waals surface area contributed by atoms with Gasteiger partial charge in [-0.15, -0.1) is 11.3 Å². The zero-order valence-electron chi connectivity index (χ0n) is 11.3. The van der Waals surface area contributed by atoms with Crippen LogP contribution in [0.25, 0.3) is 10.7 Å². The highest BCUT2D eigenvalue weighted by Crippen LogP contribution is 2.21. The highest BCUT2D eigenvalue weighted by molar-refractivity contribution is 7.13. The smallest absolute Gasteiger partial charge is 0.316 e. The summed E-state index contributed by atoms with van der Waals surface area (Å²) in [5, 5.41) is 8.58. The third-order valence-electron chi connectivity index (χ3n) is 3.01.